The number of fused-ring (bicyclic) bond motifs is 3. The van der Waals surface area contributed by atoms with E-state index in [1.54, 1.807) is 11.8 Å². The van der Waals surface area contributed by atoms with E-state index in [0.29, 0.717) is 12.6 Å². The van der Waals surface area contributed by atoms with Crippen LogP contribution < -0.4 is 4.74 Å². The average Bonchev–Trinajstić information content (AvgIpc) is 3.31. The number of para-hydroxylation sites is 3. The second kappa shape index (κ2) is 7.87. The lowest BCUT2D eigenvalue weighted by molar-refractivity contribution is 0.344. The van der Waals surface area contributed by atoms with Crippen LogP contribution in [0.25, 0.3) is 16.8 Å². The maximum atomic E-state index is 5.82. The number of ether oxygens (including phenoxy) is 1. The molecule has 144 valence electrons. The summed E-state index contributed by atoms with van der Waals surface area (Å²) in [5.74, 6) is 2.71. The lowest BCUT2D eigenvalue weighted by Gasteiger charge is -2.23. The summed E-state index contributed by atoms with van der Waals surface area (Å²) in [5, 5.41) is 10.0. The molecule has 1 aliphatic rings. The maximum absolute atomic E-state index is 5.82. The number of rotatable bonds is 6. The Morgan fingerprint density at radius 2 is 1.64 bits per heavy atom. The largest absolute Gasteiger partial charge is 0.493 e. The number of nitrogens with zero attached hydrogens (tertiary/aromatic N) is 4. The monoisotopic (exact) mass is 392 g/mol. The summed E-state index contributed by atoms with van der Waals surface area (Å²) in [6.07, 6.45) is 6.41. The van der Waals surface area contributed by atoms with Gasteiger partial charge in [-0.15, -0.1) is 10.2 Å². The van der Waals surface area contributed by atoms with Crippen LogP contribution in [0.15, 0.2) is 59.8 Å². The van der Waals surface area contributed by atoms with Gasteiger partial charge in [0.1, 0.15) is 5.75 Å². The van der Waals surface area contributed by atoms with Gasteiger partial charge in [0.05, 0.1) is 17.6 Å². The first kappa shape index (κ1) is 17.6. The fourth-order valence-corrected chi connectivity index (χ4v) is 4.95. The van der Waals surface area contributed by atoms with E-state index < -0.39 is 0 Å². The second-order valence-electron chi connectivity index (χ2n) is 7.28. The third kappa shape index (κ3) is 3.26. The fraction of sp³-hybridized carbons (Fsp3) is 0.364. The van der Waals surface area contributed by atoms with Crippen LogP contribution in [0.4, 0.5) is 0 Å². The summed E-state index contributed by atoms with van der Waals surface area (Å²) >= 11 is 1.70. The van der Waals surface area contributed by atoms with E-state index in [1.807, 2.05) is 30.3 Å². The van der Waals surface area contributed by atoms with Gasteiger partial charge < -0.3 is 9.30 Å². The van der Waals surface area contributed by atoms with Gasteiger partial charge >= 0.3 is 0 Å². The predicted molar refractivity (Wildman–Crippen MR) is 113 cm³/mol. The van der Waals surface area contributed by atoms with E-state index in [2.05, 4.69) is 43.4 Å². The lowest BCUT2D eigenvalue weighted by atomic mass is 9.95. The van der Waals surface area contributed by atoms with Crippen molar-refractivity contribution in [2.75, 3.05) is 12.4 Å². The number of aromatic nitrogens is 4. The molecule has 2 aromatic carbocycles. The first-order valence-corrected chi connectivity index (χ1v) is 11.0. The van der Waals surface area contributed by atoms with Crippen LogP contribution in [-0.2, 0) is 0 Å². The zero-order chi connectivity index (χ0) is 18.8. The molecule has 0 amide bonds. The van der Waals surface area contributed by atoms with Crippen LogP contribution in [0.5, 0.6) is 5.75 Å². The Morgan fingerprint density at radius 3 is 2.46 bits per heavy atom. The Bertz CT molecular complexity index is 1070. The van der Waals surface area contributed by atoms with Crippen LogP contribution in [0, 0.1) is 0 Å². The summed E-state index contributed by atoms with van der Waals surface area (Å²) < 4.78 is 10.5. The summed E-state index contributed by atoms with van der Waals surface area (Å²) in [6.45, 7) is 0.644. The number of benzene rings is 2. The van der Waals surface area contributed by atoms with Gasteiger partial charge in [0, 0.05) is 11.8 Å². The van der Waals surface area contributed by atoms with Gasteiger partial charge in [-0.05, 0) is 37.1 Å². The standard InChI is InChI=1S/C22H24N4OS/c1-3-9-17(10-4-1)25-19-13-7-8-14-20(19)26-21(25)23-24-22(26)28-16-15-27-18-11-5-2-6-12-18/h2,5-8,11-14,17H,1,3-4,9-10,15-16H2. The Morgan fingerprint density at radius 1 is 0.893 bits per heavy atom. The van der Waals surface area contributed by atoms with Crippen molar-refractivity contribution in [1.82, 2.24) is 19.2 Å². The third-order valence-electron chi connectivity index (χ3n) is 5.48. The Hall–Kier alpha value is -2.47. The van der Waals surface area contributed by atoms with Crippen molar-refractivity contribution in [1.29, 1.82) is 0 Å². The first-order valence-electron chi connectivity index (χ1n) is 10.1. The minimum Gasteiger partial charge on any atom is -0.493 e. The van der Waals surface area contributed by atoms with Crippen LogP contribution in [-0.4, -0.2) is 31.5 Å². The van der Waals surface area contributed by atoms with Crippen molar-refractivity contribution in [3.8, 4) is 5.75 Å². The molecule has 1 aliphatic carbocycles. The van der Waals surface area contributed by atoms with Gasteiger partial charge in [0.2, 0.25) is 5.78 Å². The van der Waals surface area contributed by atoms with Gasteiger partial charge in [-0.25, -0.2) is 0 Å². The van der Waals surface area contributed by atoms with Crippen molar-refractivity contribution >= 4 is 28.6 Å². The molecular formula is C22H24N4OS. The predicted octanol–water partition coefficient (Wildman–Crippen LogP) is 5.36. The minimum atomic E-state index is 0.527. The molecule has 2 aromatic heterocycles. The molecule has 0 aliphatic heterocycles. The normalized spacial score (nSPS) is 15.4. The van der Waals surface area contributed by atoms with Crippen LogP contribution in [0.2, 0.25) is 0 Å². The van der Waals surface area contributed by atoms with E-state index in [-0.39, 0.29) is 0 Å². The van der Waals surface area contributed by atoms with E-state index in [1.165, 1.54) is 43.1 Å². The number of imidazole rings is 1. The fourth-order valence-electron chi connectivity index (χ4n) is 4.20. The zero-order valence-corrected chi connectivity index (χ0v) is 16.6. The van der Waals surface area contributed by atoms with E-state index >= 15 is 0 Å². The highest BCUT2D eigenvalue weighted by atomic mass is 32.2. The van der Waals surface area contributed by atoms with Gasteiger partial charge in [0.25, 0.3) is 0 Å². The Kier molecular flexibility index (Phi) is 4.95. The minimum absolute atomic E-state index is 0.527. The molecule has 0 N–H and O–H groups in total. The SMILES string of the molecule is c1ccc(OCCSc2nnc3n(C4CCCCC4)c4ccccc4n23)cc1. The molecule has 0 atom stereocenters. The zero-order valence-electron chi connectivity index (χ0n) is 15.8. The highest BCUT2D eigenvalue weighted by Gasteiger charge is 2.23. The molecule has 0 unspecified atom stereocenters. The van der Waals surface area contributed by atoms with E-state index in [9.17, 15) is 0 Å². The molecule has 0 radical (unpaired) electrons. The first-order chi connectivity index (χ1) is 13.9. The Labute approximate surface area is 168 Å². The third-order valence-corrected chi connectivity index (χ3v) is 6.37. The van der Waals surface area contributed by atoms with Crippen LogP contribution in [0.1, 0.15) is 38.1 Å². The molecule has 0 saturated heterocycles. The topological polar surface area (TPSA) is 44.4 Å². The summed E-state index contributed by atoms with van der Waals surface area (Å²) in [7, 11) is 0. The smallest absolute Gasteiger partial charge is 0.237 e. The molecule has 28 heavy (non-hydrogen) atoms. The Balaban J connectivity index is 1.41. The lowest BCUT2D eigenvalue weighted by Crippen LogP contribution is -2.13. The van der Waals surface area contributed by atoms with Crippen molar-refractivity contribution in [3.05, 3.63) is 54.6 Å². The van der Waals surface area contributed by atoms with Gasteiger partial charge in [-0.3, -0.25) is 4.40 Å². The molecular weight excluding hydrogens is 368 g/mol. The molecule has 1 fully saturated rings. The molecule has 0 bridgehead atoms. The molecule has 2 heterocycles. The van der Waals surface area contributed by atoms with Gasteiger partial charge in [0.15, 0.2) is 5.16 Å². The van der Waals surface area contributed by atoms with Crippen LogP contribution in [0.3, 0.4) is 0 Å². The summed E-state index contributed by atoms with van der Waals surface area (Å²) in [5.41, 5.74) is 2.46. The highest BCUT2D eigenvalue weighted by Crippen LogP contribution is 2.35. The second-order valence-corrected chi connectivity index (χ2v) is 8.34. The quantitative estimate of drug-likeness (QED) is 0.327. The van der Waals surface area contributed by atoms with E-state index in [4.69, 9.17) is 4.74 Å². The van der Waals surface area contributed by atoms with Crippen molar-refractivity contribution < 1.29 is 4.74 Å². The molecule has 1 saturated carbocycles. The average molecular weight is 393 g/mol. The summed E-state index contributed by atoms with van der Waals surface area (Å²) in [6, 6.07) is 19.1. The number of hydrogen-bond acceptors (Lipinski definition) is 4. The van der Waals surface area contributed by atoms with Gasteiger partial charge in [-0.1, -0.05) is 61.4 Å². The van der Waals surface area contributed by atoms with Crippen molar-refractivity contribution in [2.45, 2.75) is 43.3 Å². The van der Waals surface area contributed by atoms with Crippen LogP contribution >= 0.6 is 11.8 Å². The van der Waals surface area contributed by atoms with Crippen molar-refractivity contribution in [2.24, 2.45) is 0 Å². The molecule has 5 rings (SSSR count). The van der Waals surface area contributed by atoms with E-state index in [0.717, 1.165) is 22.4 Å². The molecule has 0 spiro atoms. The molecule has 5 nitrogen and oxygen atoms in total. The number of hydrogen-bond donors (Lipinski definition) is 0. The highest BCUT2D eigenvalue weighted by molar-refractivity contribution is 7.99. The molecule has 4 aromatic rings. The summed E-state index contributed by atoms with van der Waals surface area (Å²) in [4.78, 5) is 0. The van der Waals surface area contributed by atoms with Gasteiger partial charge in [-0.2, -0.15) is 0 Å². The number of thioether (sulfide) groups is 1. The maximum Gasteiger partial charge on any atom is 0.237 e. The molecule has 6 heteroatoms. The van der Waals surface area contributed by atoms with Crippen molar-refractivity contribution in [3.63, 3.8) is 0 Å².